The molecule has 0 bridgehead atoms. The molecule has 1 unspecified atom stereocenters. The largest absolute Gasteiger partial charge is 0.248 e. The highest BCUT2D eigenvalue weighted by Gasteiger charge is 2.09. The fourth-order valence-corrected chi connectivity index (χ4v) is 2.30. The number of hydrogen-bond acceptors (Lipinski definition) is 2. The van der Waals surface area contributed by atoms with Crippen LogP contribution in [0.3, 0.4) is 0 Å². The lowest BCUT2D eigenvalue weighted by Gasteiger charge is -2.04. The Balaban J connectivity index is 2.16. The summed E-state index contributed by atoms with van der Waals surface area (Å²) < 4.78 is 1.90. The molecule has 2 aromatic rings. The summed E-state index contributed by atoms with van der Waals surface area (Å²) >= 11 is 3.59. The number of nitrogens with zero attached hydrogens (tertiary/aromatic N) is 3. The first kappa shape index (κ1) is 13.3. The van der Waals surface area contributed by atoms with E-state index in [1.807, 2.05) is 10.9 Å². The number of hydrogen-bond donors (Lipinski definition) is 0. The molecule has 0 spiro atoms. The van der Waals surface area contributed by atoms with Crippen molar-refractivity contribution in [2.45, 2.75) is 38.6 Å². The molecule has 0 radical (unpaired) electrons. The maximum Gasteiger partial charge on any atom is 0.0963 e. The Morgan fingerprint density at radius 3 is 2.50 bits per heavy atom. The highest BCUT2D eigenvalue weighted by molar-refractivity contribution is 9.09. The van der Waals surface area contributed by atoms with Crippen LogP contribution in [0.25, 0.3) is 0 Å². The minimum absolute atomic E-state index is 0.297. The first-order chi connectivity index (χ1) is 8.58. The maximum absolute atomic E-state index is 4.19. The molecule has 0 saturated carbocycles. The molecule has 0 aliphatic carbocycles. The Hall–Kier alpha value is -1.16. The predicted molar refractivity (Wildman–Crippen MR) is 77.0 cm³/mol. The predicted octanol–water partition coefficient (Wildman–Crippen LogP) is 3.79. The SMILES string of the molecule is CCC(Br)c1cn(Cc2cc(C)cc(C)c2)nn1. The van der Waals surface area contributed by atoms with E-state index in [1.165, 1.54) is 16.7 Å². The van der Waals surface area contributed by atoms with Gasteiger partial charge in [0.25, 0.3) is 0 Å². The monoisotopic (exact) mass is 307 g/mol. The average Bonchev–Trinajstić information content (AvgIpc) is 2.75. The van der Waals surface area contributed by atoms with Crippen LogP contribution in [-0.2, 0) is 6.54 Å². The normalized spacial score (nSPS) is 12.7. The van der Waals surface area contributed by atoms with Gasteiger partial charge in [0.1, 0.15) is 0 Å². The minimum Gasteiger partial charge on any atom is -0.248 e. The Morgan fingerprint density at radius 2 is 1.89 bits per heavy atom. The Labute approximate surface area is 116 Å². The van der Waals surface area contributed by atoms with E-state index >= 15 is 0 Å². The molecule has 0 fully saturated rings. The van der Waals surface area contributed by atoms with E-state index in [0.29, 0.717) is 4.83 Å². The number of aromatic nitrogens is 3. The average molecular weight is 308 g/mol. The number of alkyl halides is 1. The summed E-state index contributed by atoms with van der Waals surface area (Å²) in [6.45, 7) is 7.14. The molecule has 1 atom stereocenters. The fraction of sp³-hybridized carbons (Fsp3) is 0.429. The Kier molecular flexibility index (Phi) is 4.17. The van der Waals surface area contributed by atoms with Gasteiger partial charge in [0.05, 0.1) is 17.1 Å². The summed E-state index contributed by atoms with van der Waals surface area (Å²) in [5, 5.41) is 8.37. The molecule has 0 amide bonds. The van der Waals surface area contributed by atoms with Crippen LogP contribution in [0.4, 0.5) is 0 Å². The minimum atomic E-state index is 0.297. The standard InChI is InChI=1S/C14H18BrN3/c1-4-13(15)14-9-18(17-16-14)8-12-6-10(2)5-11(3)7-12/h5-7,9,13H,4,8H2,1-3H3. The molecule has 1 heterocycles. The number of rotatable bonds is 4. The maximum atomic E-state index is 4.19. The van der Waals surface area contributed by atoms with Crippen molar-refractivity contribution in [3.8, 4) is 0 Å². The summed E-state index contributed by atoms with van der Waals surface area (Å²) in [6, 6.07) is 6.57. The molecule has 4 heteroatoms. The third-order valence-electron chi connectivity index (χ3n) is 2.86. The van der Waals surface area contributed by atoms with Crippen LogP contribution in [0.1, 0.15) is 40.6 Å². The first-order valence-corrected chi connectivity index (χ1v) is 7.11. The van der Waals surface area contributed by atoms with Crippen LogP contribution in [0.2, 0.25) is 0 Å². The highest BCUT2D eigenvalue weighted by Crippen LogP contribution is 2.23. The van der Waals surface area contributed by atoms with Crippen molar-refractivity contribution in [1.29, 1.82) is 0 Å². The van der Waals surface area contributed by atoms with E-state index < -0.39 is 0 Å². The van der Waals surface area contributed by atoms with Crippen molar-refractivity contribution in [3.63, 3.8) is 0 Å². The van der Waals surface area contributed by atoms with Crippen molar-refractivity contribution < 1.29 is 0 Å². The van der Waals surface area contributed by atoms with Crippen LogP contribution < -0.4 is 0 Å². The molecule has 0 aliphatic rings. The summed E-state index contributed by atoms with van der Waals surface area (Å²) in [6.07, 6.45) is 3.03. The van der Waals surface area contributed by atoms with E-state index in [1.54, 1.807) is 0 Å². The van der Waals surface area contributed by atoms with Crippen molar-refractivity contribution in [3.05, 3.63) is 46.8 Å². The van der Waals surface area contributed by atoms with Crippen LogP contribution >= 0.6 is 15.9 Å². The topological polar surface area (TPSA) is 30.7 Å². The van der Waals surface area contributed by atoms with Crippen LogP contribution in [0.5, 0.6) is 0 Å². The molecule has 0 aliphatic heterocycles. The smallest absolute Gasteiger partial charge is 0.0963 e. The molecule has 1 aromatic carbocycles. The molecular weight excluding hydrogens is 290 g/mol. The second kappa shape index (κ2) is 5.65. The number of benzene rings is 1. The summed E-state index contributed by atoms with van der Waals surface area (Å²) in [4.78, 5) is 0.297. The summed E-state index contributed by atoms with van der Waals surface area (Å²) in [7, 11) is 0. The molecular formula is C14H18BrN3. The van der Waals surface area contributed by atoms with Crippen LogP contribution in [-0.4, -0.2) is 15.0 Å². The van der Waals surface area contributed by atoms with E-state index in [-0.39, 0.29) is 0 Å². The second-order valence-electron chi connectivity index (χ2n) is 4.71. The lowest BCUT2D eigenvalue weighted by molar-refractivity contribution is 0.648. The van der Waals surface area contributed by atoms with Gasteiger partial charge in [0.15, 0.2) is 0 Å². The third kappa shape index (κ3) is 3.19. The quantitative estimate of drug-likeness (QED) is 0.805. The van der Waals surface area contributed by atoms with Crippen LogP contribution in [0, 0.1) is 13.8 Å². The van der Waals surface area contributed by atoms with Gasteiger partial charge in [-0.1, -0.05) is 57.4 Å². The Bertz CT molecular complexity index is 513. The fourth-order valence-electron chi connectivity index (χ4n) is 2.09. The third-order valence-corrected chi connectivity index (χ3v) is 3.98. The van der Waals surface area contributed by atoms with Gasteiger partial charge in [0, 0.05) is 6.20 Å². The molecule has 2 rings (SSSR count). The summed E-state index contributed by atoms with van der Waals surface area (Å²) in [5.74, 6) is 0. The molecule has 1 aromatic heterocycles. The van der Waals surface area contributed by atoms with Crippen molar-refractivity contribution in [2.24, 2.45) is 0 Å². The lowest BCUT2D eigenvalue weighted by Crippen LogP contribution is -2.01. The van der Waals surface area contributed by atoms with Gasteiger partial charge in [-0.25, -0.2) is 4.68 Å². The van der Waals surface area contributed by atoms with Crippen molar-refractivity contribution >= 4 is 15.9 Å². The van der Waals surface area contributed by atoms with E-state index in [2.05, 4.69) is 65.2 Å². The van der Waals surface area contributed by atoms with Gasteiger partial charge in [0.2, 0.25) is 0 Å². The molecule has 18 heavy (non-hydrogen) atoms. The van der Waals surface area contributed by atoms with E-state index in [9.17, 15) is 0 Å². The van der Waals surface area contributed by atoms with Gasteiger partial charge in [-0.15, -0.1) is 5.10 Å². The summed E-state index contributed by atoms with van der Waals surface area (Å²) in [5.41, 5.74) is 4.85. The van der Waals surface area contributed by atoms with Gasteiger partial charge in [-0.2, -0.15) is 0 Å². The molecule has 96 valence electrons. The van der Waals surface area contributed by atoms with Gasteiger partial charge >= 0.3 is 0 Å². The number of halogens is 1. The van der Waals surface area contributed by atoms with Crippen molar-refractivity contribution in [1.82, 2.24) is 15.0 Å². The zero-order valence-corrected chi connectivity index (χ0v) is 12.6. The first-order valence-electron chi connectivity index (χ1n) is 6.19. The lowest BCUT2D eigenvalue weighted by atomic mass is 10.1. The van der Waals surface area contributed by atoms with Crippen molar-refractivity contribution in [2.75, 3.05) is 0 Å². The van der Waals surface area contributed by atoms with E-state index in [4.69, 9.17) is 0 Å². The van der Waals surface area contributed by atoms with Gasteiger partial charge in [-0.3, -0.25) is 0 Å². The molecule has 0 saturated heterocycles. The number of aryl methyl sites for hydroxylation is 2. The second-order valence-corrected chi connectivity index (χ2v) is 5.82. The molecule has 3 nitrogen and oxygen atoms in total. The zero-order chi connectivity index (χ0) is 13.1. The highest BCUT2D eigenvalue weighted by atomic mass is 79.9. The van der Waals surface area contributed by atoms with Crippen LogP contribution in [0.15, 0.2) is 24.4 Å². The van der Waals surface area contributed by atoms with E-state index in [0.717, 1.165) is 18.7 Å². The molecule has 0 N–H and O–H groups in total. The van der Waals surface area contributed by atoms with Gasteiger partial charge in [-0.05, 0) is 25.8 Å². The zero-order valence-electron chi connectivity index (χ0n) is 11.0. The van der Waals surface area contributed by atoms with Gasteiger partial charge < -0.3 is 0 Å². The Morgan fingerprint density at radius 1 is 1.22 bits per heavy atom.